The summed E-state index contributed by atoms with van der Waals surface area (Å²) in [5, 5.41) is 0. The molecule has 0 saturated carbocycles. The number of alkyl halides is 1. The van der Waals surface area contributed by atoms with Crippen molar-refractivity contribution in [1.82, 2.24) is 4.90 Å². The molecule has 1 amide bonds. The van der Waals surface area contributed by atoms with E-state index in [9.17, 15) is 9.18 Å². The molecule has 0 aromatic carbocycles. The molecule has 1 heterocycles. The zero-order valence-corrected chi connectivity index (χ0v) is 11.1. The van der Waals surface area contributed by atoms with E-state index in [2.05, 4.69) is 0 Å². The van der Waals surface area contributed by atoms with E-state index in [-0.39, 0.29) is 18.5 Å². The van der Waals surface area contributed by atoms with Gasteiger partial charge in [-0.1, -0.05) is 0 Å². The Morgan fingerprint density at radius 3 is 2.53 bits per heavy atom. The number of nitrogens with zero attached hydrogens (tertiary/aromatic N) is 1. The largest absolute Gasteiger partial charge is 0.444 e. The summed E-state index contributed by atoms with van der Waals surface area (Å²) < 4.78 is 19.0. The van der Waals surface area contributed by atoms with E-state index in [1.54, 1.807) is 27.7 Å². The van der Waals surface area contributed by atoms with Gasteiger partial charge in [-0.25, -0.2) is 9.18 Å². The number of piperidine rings is 1. The molecule has 0 radical (unpaired) electrons. The number of likely N-dealkylation sites (tertiary alicyclic amines) is 1. The summed E-state index contributed by atoms with van der Waals surface area (Å²) in [4.78, 5) is 13.2. The Kier molecular flexibility index (Phi) is 4.36. The molecule has 3 unspecified atom stereocenters. The summed E-state index contributed by atoms with van der Waals surface area (Å²) in [5.74, 6) is -0.159. The van der Waals surface area contributed by atoms with Crippen molar-refractivity contribution in [2.75, 3.05) is 13.1 Å². The highest BCUT2D eigenvalue weighted by Gasteiger charge is 2.35. The van der Waals surface area contributed by atoms with Gasteiger partial charge in [0.25, 0.3) is 0 Å². The average molecular weight is 246 g/mol. The maximum absolute atomic E-state index is 13.8. The van der Waals surface area contributed by atoms with Crippen LogP contribution < -0.4 is 5.73 Å². The van der Waals surface area contributed by atoms with Crippen LogP contribution in [0.4, 0.5) is 9.18 Å². The normalized spacial score (nSPS) is 27.8. The van der Waals surface area contributed by atoms with Gasteiger partial charge in [0.15, 0.2) is 0 Å². The van der Waals surface area contributed by atoms with Gasteiger partial charge in [0, 0.05) is 18.5 Å². The molecule has 0 spiro atoms. The third-order valence-electron chi connectivity index (χ3n) is 2.92. The van der Waals surface area contributed by atoms with Crippen LogP contribution in [0.15, 0.2) is 0 Å². The van der Waals surface area contributed by atoms with Crippen LogP contribution in [0.5, 0.6) is 0 Å². The molecule has 1 fully saturated rings. The third-order valence-corrected chi connectivity index (χ3v) is 2.92. The number of amides is 1. The molecule has 1 saturated heterocycles. The molecular weight excluding hydrogens is 223 g/mol. The van der Waals surface area contributed by atoms with Crippen LogP contribution in [0, 0.1) is 5.92 Å². The lowest BCUT2D eigenvalue weighted by molar-refractivity contribution is 0.00346. The standard InChI is InChI=1S/C12H23FN2O2/c1-8(14)9-5-6-15(7-10(9)13)11(16)17-12(2,3)4/h8-10H,5-7,14H2,1-4H3. The summed E-state index contributed by atoms with van der Waals surface area (Å²) in [6.45, 7) is 7.80. The Morgan fingerprint density at radius 1 is 1.53 bits per heavy atom. The van der Waals surface area contributed by atoms with Gasteiger partial charge >= 0.3 is 6.09 Å². The fourth-order valence-electron chi connectivity index (χ4n) is 2.01. The molecule has 1 aliphatic heterocycles. The quantitative estimate of drug-likeness (QED) is 0.769. The smallest absolute Gasteiger partial charge is 0.410 e. The number of ether oxygens (including phenoxy) is 1. The van der Waals surface area contributed by atoms with Crippen molar-refractivity contribution >= 4 is 6.09 Å². The lowest BCUT2D eigenvalue weighted by Gasteiger charge is -2.37. The number of nitrogens with two attached hydrogens (primary N) is 1. The SMILES string of the molecule is CC(N)C1CCN(C(=O)OC(C)(C)C)CC1F. The zero-order valence-electron chi connectivity index (χ0n) is 11.1. The van der Waals surface area contributed by atoms with E-state index in [1.807, 2.05) is 0 Å². The van der Waals surface area contributed by atoms with Crippen molar-refractivity contribution in [3.05, 3.63) is 0 Å². The second-order valence-corrected chi connectivity index (χ2v) is 5.75. The fourth-order valence-corrected chi connectivity index (χ4v) is 2.01. The highest BCUT2D eigenvalue weighted by molar-refractivity contribution is 5.68. The lowest BCUT2D eigenvalue weighted by atomic mass is 9.89. The molecule has 0 aromatic rings. The molecule has 4 nitrogen and oxygen atoms in total. The molecule has 5 heteroatoms. The number of halogens is 1. The Bertz CT molecular complexity index is 276. The van der Waals surface area contributed by atoms with E-state index >= 15 is 0 Å². The highest BCUT2D eigenvalue weighted by Crippen LogP contribution is 2.24. The van der Waals surface area contributed by atoms with Crippen molar-refractivity contribution < 1.29 is 13.9 Å². The highest BCUT2D eigenvalue weighted by atomic mass is 19.1. The molecule has 17 heavy (non-hydrogen) atoms. The first-order valence-electron chi connectivity index (χ1n) is 6.08. The minimum absolute atomic E-state index is 0.0844. The Hall–Kier alpha value is -0.840. The monoisotopic (exact) mass is 246 g/mol. The first kappa shape index (κ1) is 14.2. The van der Waals surface area contributed by atoms with E-state index in [1.165, 1.54) is 4.90 Å². The van der Waals surface area contributed by atoms with Gasteiger partial charge in [0.1, 0.15) is 11.8 Å². The van der Waals surface area contributed by atoms with E-state index in [0.717, 1.165) is 0 Å². The first-order chi connectivity index (χ1) is 7.70. The zero-order chi connectivity index (χ0) is 13.2. The molecule has 3 atom stereocenters. The van der Waals surface area contributed by atoms with Gasteiger partial charge in [-0.15, -0.1) is 0 Å². The van der Waals surface area contributed by atoms with Gasteiger partial charge in [-0.05, 0) is 34.1 Å². The van der Waals surface area contributed by atoms with Gasteiger partial charge in [0.05, 0.1) is 6.54 Å². The van der Waals surface area contributed by atoms with E-state index < -0.39 is 17.9 Å². The maximum atomic E-state index is 13.8. The van der Waals surface area contributed by atoms with E-state index in [4.69, 9.17) is 10.5 Å². The number of rotatable bonds is 1. The summed E-state index contributed by atoms with van der Waals surface area (Å²) in [7, 11) is 0. The molecule has 0 aromatic heterocycles. The van der Waals surface area contributed by atoms with Gasteiger partial charge in [0.2, 0.25) is 0 Å². The molecule has 1 rings (SSSR count). The average Bonchev–Trinajstić information content (AvgIpc) is 2.14. The van der Waals surface area contributed by atoms with Crippen molar-refractivity contribution in [3.8, 4) is 0 Å². The van der Waals surface area contributed by atoms with Crippen LogP contribution in [0.1, 0.15) is 34.1 Å². The van der Waals surface area contributed by atoms with Gasteiger partial charge in [-0.3, -0.25) is 0 Å². The number of carbonyl (C=O) groups excluding carboxylic acids is 1. The van der Waals surface area contributed by atoms with Crippen LogP contribution in [0.3, 0.4) is 0 Å². The molecule has 0 aliphatic carbocycles. The number of hydrogen-bond acceptors (Lipinski definition) is 3. The molecule has 100 valence electrons. The maximum Gasteiger partial charge on any atom is 0.410 e. The minimum atomic E-state index is -1.06. The van der Waals surface area contributed by atoms with E-state index in [0.29, 0.717) is 13.0 Å². The summed E-state index contributed by atoms with van der Waals surface area (Å²) >= 11 is 0. The Labute approximate surface area is 102 Å². The first-order valence-corrected chi connectivity index (χ1v) is 6.08. The van der Waals surface area contributed by atoms with Crippen molar-refractivity contribution in [3.63, 3.8) is 0 Å². The van der Waals surface area contributed by atoms with Crippen LogP contribution in [0.2, 0.25) is 0 Å². The van der Waals surface area contributed by atoms with Crippen molar-refractivity contribution in [1.29, 1.82) is 0 Å². The van der Waals surface area contributed by atoms with Crippen LogP contribution >= 0.6 is 0 Å². The Morgan fingerprint density at radius 2 is 2.12 bits per heavy atom. The molecular formula is C12H23FN2O2. The predicted octanol–water partition coefficient (Wildman–Crippen LogP) is 1.93. The molecule has 0 bridgehead atoms. The Balaban J connectivity index is 2.52. The predicted molar refractivity (Wildman–Crippen MR) is 64.5 cm³/mol. The topological polar surface area (TPSA) is 55.6 Å². The second kappa shape index (κ2) is 5.21. The third kappa shape index (κ3) is 4.15. The van der Waals surface area contributed by atoms with Crippen molar-refractivity contribution in [2.24, 2.45) is 11.7 Å². The fraction of sp³-hybridized carbons (Fsp3) is 0.917. The summed E-state index contributed by atoms with van der Waals surface area (Å²) in [6.07, 6.45) is -0.905. The van der Waals surface area contributed by atoms with Crippen molar-refractivity contribution in [2.45, 2.75) is 51.9 Å². The summed E-state index contributed by atoms with van der Waals surface area (Å²) in [6, 6.07) is -0.175. The van der Waals surface area contributed by atoms with Gasteiger partial charge in [-0.2, -0.15) is 0 Å². The molecule has 1 aliphatic rings. The number of carbonyl (C=O) groups is 1. The van der Waals surface area contributed by atoms with Crippen LogP contribution in [0.25, 0.3) is 0 Å². The van der Waals surface area contributed by atoms with Crippen LogP contribution in [-0.2, 0) is 4.74 Å². The second-order valence-electron chi connectivity index (χ2n) is 5.75. The van der Waals surface area contributed by atoms with Gasteiger partial charge < -0.3 is 15.4 Å². The van der Waals surface area contributed by atoms with Crippen LogP contribution in [-0.4, -0.2) is 41.9 Å². The number of hydrogen-bond donors (Lipinski definition) is 1. The summed E-state index contributed by atoms with van der Waals surface area (Å²) in [5.41, 5.74) is 5.17. The minimum Gasteiger partial charge on any atom is -0.444 e. The lowest BCUT2D eigenvalue weighted by Crippen LogP contribution is -2.50. The molecule has 2 N–H and O–H groups in total.